The molecule has 318 valence electrons. The Hall–Kier alpha value is -8.66. The van der Waals surface area contributed by atoms with Crippen molar-refractivity contribution in [3.63, 3.8) is 0 Å². The Morgan fingerprint density at radius 3 is 0.971 bits per heavy atom. The summed E-state index contributed by atoms with van der Waals surface area (Å²) in [6.07, 6.45) is 0.680. The number of carbonyl (C=O) groups excluding carboxylic acids is 2. The monoisotopic (exact) mass is 867 g/mol. The normalized spacial score (nSPS) is 12.9. The van der Waals surface area contributed by atoms with Gasteiger partial charge in [-0.25, -0.2) is 0 Å². The molecule has 11 aromatic carbocycles. The summed E-state index contributed by atoms with van der Waals surface area (Å²) in [5.41, 5.74) is 21.0. The largest absolute Gasteiger partial charge is 0.274 e. The second kappa shape index (κ2) is 14.7. The van der Waals surface area contributed by atoms with Crippen molar-refractivity contribution in [2.45, 2.75) is 13.3 Å². The molecule has 2 amide bonds. The van der Waals surface area contributed by atoms with Crippen LogP contribution in [-0.4, -0.2) is 23.3 Å². The highest BCUT2D eigenvalue weighted by Gasteiger charge is 2.44. The van der Waals surface area contributed by atoms with Crippen LogP contribution in [0, 0.1) is 0 Å². The van der Waals surface area contributed by atoms with Crippen molar-refractivity contribution in [1.82, 2.24) is 4.90 Å². The van der Waals surface area contributed by atoms with Crippen molar-refractivity contribution in [1.29, 1.82) is 0 Å². The lowest BCUT2D eigenvalue weighted by atomic mass is 9.81. The number of imide groups is 1. The first kappa shape index (κ1) is 38.6. The number of fused-ring (bicyclic) bond motifs is 8. The van der Waals surface area contributed by atoms with Crippen LogP contribution < -0.4 is 0 Å². The van der Waals surface area contributed by atoms with Gasteiger partial charge in [0.2, 0.25) is 0 Å². The topological polar surface area (TPSA) is 37.4 Å². The summed E-state index contributed by atoms with van der Waals surface area (Å²) in [5, 5.41) is 7.22. The molecule has 11 aromatic rings. The van der Waals surface area contributed by atoms with Crippen molar-refractivity contribution in [2.75, 3.05) is 6.54 Å². The number of hydrogen-bond donors (Lipinski definition) is 0. The molecule has 14 rings (SSSR count). The highest BCUT2D eigenvalue weighted by molar-refractivity contribution is 6.34. The molecule has 0 radical (unpaired) electrons. The molecular formula is C65H41NO2. The van der Waals surface area contributed by atoms with Crippen LogP contribution in [0.25, 0.3) is 132 Å². The first-order valence-electron chi connectivity index (χ1n) is 23.7. The highest BCUT2D eigenvalue weighted by Crippen LogP contribution is 2.61. The fraction of sp³-hybridized carbons (Fsp3) is 0.0462. The number of benzene rings is 11. The standard InChI is InChI=1S/C65H41NO2/c1-2-37-66-64(67)62-54(40-23-11-5-12-24-40)60-49-32-18-30-45-43(34-36-51(57(45)49)61(60)55(63(62)65(66)68)41-25-13-6-14-26-41)42-33-35-50-56-44(42)29-17-31-48(56)58-52(38-19-7-3-8-20-38)46-27-15-16-28-47(46)53(59(50)58)39-21-9-4-10-22-39/h3-36H,2,37H2,1H3. The van der Waals surface area contributed by atoms with Gasteiger partial charge in [-0.15, -0.1) is 0 Å². The van der Waals surface area contributed by atoms with Crippen LogP contribution >= 0.6 is 0 Å². The van der Waals surface area contributed by atoms with Gasteiger partial charge in [0.15, 0.2) is 0 Å². The van der Waals surface area contributed by atoms with E-state index in [1.54, 1.807) is 0 Å². The highest BCUT2D eigenvalue weighted by atomic mass is 16.2. The molecule has 2 aliphatic carbocycles. The first-order valence-corrected chi connectivity index (χ1v) is 23.7. The summed E-state index contributed by atoms with van der Waals surface area (Å²) in [5.74, 6) is -0.441. The Morgan fingerprint density at radius 2 is 0.588 bits per heavy atom. The van der Waals surface area contributed by atoms with Crippen LogP contribution in [0.4, 0.5) is 0 Å². The molecule has 3 heteroatoms. The van der Waals surface area contributed by atoms with E-state index in [4.69, 9.17) is 0 Å². The molecule has 0 bridgehead atoms. The third-order valence-electron chi connectivity index (χ3n) is 14.8. The van der Waals surface area contributed by atoms with Gasteiger partial charge < -0.3 is 0 Å². The Balaban J connectivity index is 1.06. The van der Waals surface area contributed by atoms with Crippen LogP contribution in [0.15, 0.2) is 206 Å². The quantitative estimate of drug-likeness (QED) is 0.150. The molecular weight excluding hydrogens is 827 g/mol. The van der Waals surface area contributed by atoms with Gasteiger partial charge in [-0.1, -0.05) is 213 Å². The van der Waals surface area contributed by atoms with Gasteiger partial charge in [0.05, 0.1) is 11.1 Å². The van der Waals surface area contributed by atoms with Crippen LogP contribution in [0.5, 0.6) is 0 Å². The van der Waals surface area contributed by atoms with E-state index in [0.29, 0.717) is 24.1 Å². The zero-order valence-electron chi connectivity index (χ0n) is 37.3. The zero-order chi connectivity index (χ0) is 45.2. The van der Waals surface area contributed by atoms with Gasteiger partial charge in [0, 0.05) is 17.7 Å². The SMILES string of the molecule is CCCN1C(=O)c2c(c(-c3ccccc3)c3c(c2-c2ccccc2)-c2cccc4c(-c5ccc6c7c(cccc57)-c5c-6c(-c6ccccc6)c6ccccc6c5-c5ccccc5)ccc-3c24)C1=O. The van der Waals surface area contributed by atoms with Gasteiger partial charge in [0.1, 0.15) is 0 Å². The van der Waals surface area contributed by atoms with E-state index in [1.165, 1.54) is 76.5 Å². The van der Waals surface area contributed by atoms with E-state index in [-0.39, 0.29) is 11.8 Å². The molecule has 0 atom stereocenters. The van der Waals surface area contributed by atoms with Crippen molar-refractivity contribution in [2.24, 2.45) is 0 Å². The summed E-state index contributed by atoms with van der Waals surface area (Å²) in [4.78, 5) is 31.0. The van der Waals surface area contributed by atoms with Crippen molar-refractivity contribution in [3.8, 4) is 100 Å². The number of nitrogens with zero attached hydrogens (tertiary/aromatic N) is 1. The van der Waals surface area contributed by atoms with Crippen LogP contribution in [-0.2, 0) is 0 Å². The molecule has 1 aliphatic heterocycles. The summed E-state index contributed by atoms with van der Waals surface area (Å²) in [6.45, 7) is 2.38. The van der Waals surface area contributed by atoms with Crippen molar-refractivity contribution in [3.05, 3.63) is 217 Å². The van der Waals surface area contributed by atoms with Crippen molar-refractivity contribution < 1.29 is 9.59 Å². The molecule has 68 heavy (non-hydrogen) atoms. The van der Waals surface area contributed by atoms with Gasteiger partial charge in [-0.05, 0) is 128 Å². The maximum absolute atomic E-state index is 14.8. The van der Waals surface area contributed by atoms with E-state index in [2.05, 4.69) is 170 Å². The summed E-state index contributed by atoms with van der Waals surface area (Å²) in [7, 11) is 0. The number of rotatable bonds is 7. The minimum Gasteiger partial charge on any atom is -0.274 e. The number of carbonyl (C=O) groups is 2. The van der Waals surface area contributed by atoms with Gasteiger partial charge in [-0.3, -0.25) is 14.5 Å². The third-order valence-corrected chi connectivity index (χ3v) is 14.8. The molecule has 0 N–H and O–H groups in total. The minimum atomic E-state index is -0.220. The van der Waals surface area contributed by atoms with E-state index in [9.17, 15) is 9.59 Å². The molecule has 1 heterocycles. The lowest BCUT2D eigenvalue weighted by Gasteiger charge is -2.20. The molecule has 0 saturated carbocycles. The summed E-state index contributed by atoms with van der Waals surface area (Å²) >= 11 is 0. The van der Waals surface area contributed by atoms with Gasteiger partial charge in [-0.2, -0.15) is 0 Å². The molecule has 0 spiro atoms. The first-order chi connectivity index (χ1) is 33.6. The Bertz CT molecular complexity index is 3800. The van der Waals surface area contributed by atoms with E-state index in [0.717, 1.165) is 60.8 Å². The molecule has 3 nitrogen and oxygen atoms in total. The maximum atomic E-state index is 14.8. The van der Waals surface area contributed by atoms with E-state index >= 15 is 0 Å². The third kappa shape index (κ3) is 5.19. The van der Waals surface area contributed by atoms with Crippen LogP contribution in [0.1, 0.15) is 34.1 Å². The number of hydrogen-bond acceptors (Lipinski definition) is 2. The average molecular weight is 868 g/mol. The molecule has 3 aliphatic rings. The Kier molecular flexibility index (Phi) is 8.33. The second-order valence-corrected chi connectivity index (χ2v) is 18.3. The van der Waals surface area contributed by atoms with Gasteiger partial charge in [0.25, 0.3) is 11.8 Å². The van der Waals surface area contributed by atoms with E-state index in [1.807, 2.05) is 43.3 Å². The molecule has 0 fully saturated rings. The van der Waals surface area contributed by atoms with Crippen LogP contribution in [0.2, 0.25) is 0 Å². The summed E-state index contributed by atoms with van der Waals surface area (Å²) in [6, 6.07) is 73.8. The Morgan fingerprint density at radius 1 is 0.279 bits per heavy atom. The van der Waals surface area contributed by atoms with Crippen LogP contribution in [0.3, 0.4) is 0 Å². The van der Waals surface area contributed by atoms with Crippen molar-refractivity contribution >= 4 is 44.1 Å². The Labute approximate surface area is 394 Å². The molecule has 0 saturated heterocycles. The second-order valence-electron chi connectivity index (χ2n) is 18.3. The molecule has 0 unspecified atom stereocenters. The lowest BCUT2D eigenvalue weighted by Crippen LogP contribution is -2.30. The maximum Gasteiger partial charge on any atom is 0.262 e. The van der Waals surface area contributed by atoms with Gasteiger partial charge >= 0.3 is 0 Å². The average Bonchev–Trinajstić information content (AvgIpc) is 4.00. The molecule has 0 aromatic heterocycles. The summed E-state index contributed by atoms with van der Waals surface area (Å²) < 4.78 is 0. The van der Waals surface area contributed by atoms with E-state index < -0.39 is 0 Å². The minimum absolute atomic E-state index is 0.220. The lowest BCUT2D eigenvalue weighted by molar-refractivity contribution is 0.0655. The predicted molar refractivity (Wildman–Crippen MR) is 281 cm³/mol. The fourth-order valence-electron chi connectivity index (χ4n) is 12.2. The smallest absolute Gasteiger partial charge is 0.262 e. The predicted octanol–water partition coefficient (Wildman–Crippen LogP) is 16.8. The zero-order valence-corrected chi connectivity index (χ0v) is 37.3. The fourth-order valence-corrected chi connectivity index (χ4v) is 12.2. The number of amides is 2.